The number of benzene rings is 1. The monoisotopic (exact) mass is 349 g/mol. The van der Waals surface area contributed by atoms with Crippen LogP contribution in [0.5, 0.6) is 0 Å². The molecule has 2 heterocycles. The van der Waals surface area contributed by atoms with E-state index in [0.29, 0.717) is 25.1 Å². The molecule has 24 heavy (non-hydrogen) atoms. The number of amides is 1. The summed E-state index contributed by atoms with van der Waals surface area (Å²) < 4.78 is 5.01. The van der Waals surface area contributed by atoms with E-state index in [0.717, 1.165) is 12.1 Å². The Kier molecular flexibility index (Phi) is 5.18. The predicted octanol–water partition coefficient (Wildman–Crippen LogP) is 1.63. The molecule has 2 atom stereocenters. The number of β-amino-alcohol motifs (C(OH)–C–C–N with tert-alkyl or cyclic N) is 1. The second-order valence-corrected chi connectivity index (χ2v) is 6.36. The average molecular weight is 350 g/mol. The average Bonchev–Trinajstić information content (AvgIpc) is 3.01. The number of hydrogen-bond acceptors (Lipinski definition) is 5. The van der Waals surface area contributed by atoms with Crippen LogP contribution < -0.4 is 10.6 Å². The summed E-state index contributed by atoms with van der Waals surface area (Å²) in [5.41, 5.74) is 0.137. The van der Waals surface area contributed by atoms with Gasteiger partial charge < -0.3 is 20.3 Å². The van der Waals surface area contributed by atoms with Crippen molar-refractivity contribution < 1.29 is 14.4 Å². The summed E-state index contributed by atoms with van der Waals surface area (Å²) in [5, 5.41) is 20.7. The summed E-state index contributed by atoms with van der Waals surface area (Å²) in [6.07, 6.45) is 0.570. The van der Waals surface area contributed by atoms with Crippen LogP contribution in [0.1, 0.15) is 24.2 Å². The zero-order valence-corrected chi connectivity index (χ0v) is 13.9. The van der Waals surface area contributed by atoms with Crippen molar-refractivity contribution in [2.75, 3.05) is 13.1 Å². The highest BCUT2D eigenvalue weighted by atomic mass is 35.5. The van der Waals surface area contributed by atoms with Crippen LogP contribution in [-0.2, 0) is 16.8 Å². The van der Waals surface area contributed by atoms with Gasteiger partial charge in [0, 0.05) is 25.5 Å². The number of aryl methyl sites for hydroxylation is 1. The van der Waals surface area contributed by atoms with Crippen LogP contribution in [-0.4, -0.2) is 35.4 Å². The number of aromatic nitrogens is 1. The molecule has 1 aromatic carbocycles. The van der Waals surface area contributed by atoms with Crippen LogP contribution in [0.15, 0.2) is 40.9 Å². The van der Waals surface area contributed by atoms with E-state index in [1.807, 2.05) is 30.3 Å². The summed E-state index contributed by atoms with van der Waals surface area (Å²) in [5.74, 6) is 0.419. The van der Waals surface area contributed by atoms with E-state index in [1.165, 1.54) is 0 Å². The zero-order chi connectivity index (χ0) is 17.0. The van der Waals surface area contributed by atoms with Crippen LogP contribution >= 0.6 is 11.6 Å². The smallest absolute Gasteiger partial charge is 0.221 e. The van der Waals surface area contributed by atoms with Crippen LogP contribution in [0, 0.1) is 0 Å². The fraction of sp³-hybridized carbons (Fsp3) is 0.412. The molecule has 1 aliphatic heterocycles. The lowest BCUT2D eigenvalue weighted by molar-refractivity contribution is -0.125. The van der Waals surface area contributed by atoms with Crippen LogP contribution in [0.3, 0.4) is 0 Å². The largest absolute Gasteiger partial charge is 0.389 e. The van der Waals surface area contributed by atoms with E-state index >= 15 is 0 Å². The first-order valence-electron chi connectivity index (χ1n) is 7.96. The normalized spacial score (nSPS) is 23.8. The van der Waals surface area contributed by atoms with Crippen LogP contribution in [0.2, 0.25) is 5.15 Å². The minimum absolute atomic E-state index is 0.146. The summed E-state index contributed by atoms with van der Waals surface area (Å²) in [6, 6.07) is 11.2. The Morgan fingerprint density at radius 2 is 2.25 bits per heavy atom. The van der Waals surface area contributed by atoms with E-state index < -0.39 is 11.6 Å². The highest BCUT2D eigenvalue weighted by Crippen LogP contribution is 2.31. The summed E-state index contributed by atoms with van der Waals surface area (Å²) in [6.45, 7) is 1.16. The van der Waals surface area contributed by atoms with Gasteiger partial charge in [0.2, 0.25) is 5.91 Å². The van der Waals surface area contributed by atoms with Crippen molar-refractivity contribution in [2.24, 2.45) is 0 Å². The molecule has 1 aromatic heterocycles. The Labute approximate surface area is 145 Å². The second-order valence-electron chi connectivity index (χ2n) is 5.97. The molecule has 7 heteroatoms. The first kappa shape index (κ1) is 17.0. The molecule has 6 nitrogen and oxygen atoms in total. The Morgan fingerprint density at radius 1 is 1.46 bits per heavy atom. The molecule has 3 N–H and O–H groups in total. The Balaban J connectivity index is 1.73. The number of nitrogens with one attached hydrogen (secondary N) is 2. The fourth-order valence-corrected chi connectivity index (χ4v) is 3.27. The maximum atomic E-state index is 12.5. The van der Waals surface area contributed by atoms with Gasteiger partial charge in [0.05, 0.1) is 11.6 Å². The molecule has 1 amide bonds. The lowest BCUT2D eigenvalue weighted by Gasteiger charge is -2.43. The molecule has 0 bridgehead atoms. The molecule has 128 valence electrons. The van der Waals surface area contributed by atoms with Gasteiger partial charge in [0.15, 0.2) is 5.15 Å². The molecule has 1 aliphatic rings. The van der Waals surface area contributed by atoms with Crippen LogP contribution in [0.25, 0.3) is 0 Å². The molecule has 0 spiro atoms. The zero-order valence-electron chi connectivity index (χ0n) is 13.2. The number of aliphatic hydroxyl groups is 1. The van der Waals surface area contributed by atoms with Gasteiger partial charge in [-0.25, -0.2) is 0 Å². The van der Waals surface area contributed by atoms with Crippen molar-refractivity contribution >= 4 is 17.5 Å². The first-order chi connectivity index (χ1) is 11.6. The van der Waals surface area contributed by atoms with E-state index in [4.69, 9.17) is 16.1 Å². The molecule has 1 fully saturated rings. The minimum Gasteiger partial charge on any atom is -0.389 e. The standard InChI is InChI=1S/C17H20ClN3O3/c18-15-10-13(24-21-15)6-7-16(23)20-17(8-9-19-11-14(17)22)12-4-2-1-3-5-12/h1-5,10,14,19,22H,6-9,11H2,(H,20,23)/t14-,17-/m1/s1. The lowest BCUT2D eigenvalue weighted by atomic mass is 9.79. The van der Waals surface area contributed by atoms with E-state index in [1.54, 1.807) is 6.07 Å². The molecular formula is C17H20ClN3O3. The van der Waals surface area contributed by atoms with Crippen molar-refractivity contribution in [3.05, 3.63) is 52.9 Å². The van der Waals surface area contributed by atoms with Gasteiger partial charge in [-0.3, -0.25) is 4.79 Å². The van der Waals surface area contributed by atoms with E-state index in [-0.39, 0.29) is 17.5 Å². The molecular weight excluding hydrogens is 330 g/mol. The van der Waals surface area contributed by atoms with Crippen molar-refractivity contribution in [1.29, 1.82) is 0 Å². The number of rotatable bonds is 5. The molecule has 0 aliphatic carbocycles. The maximum Gasteiger partial charge on any atom is 0.221 e. The van der Waals surface area contributed by atoms with Gasteiger partial charge >= 0.3 is 0 Å². The van der Waals surface area contributed by atoms with Gasteiger partial charge in [-0.05, 0) is 18.5 Å². The Morgan fingerprint density at radius 3 is 2.92 bits per heavy atom. The number of aliphatic hydroxyl groups excluding tert-OH is 1. The van der Waals surface area contributed by atoms with Gasteiger partial charge in [-0.1, -0.05) is 47.1 Å². The lowest BCUT2D eigenvalue weighted by Crippen LogP contribution is -2.61. The molecule has 1 saturated heterocycles. The number of halogens is 1. The van der Waals surface area contributed by atoms with Crippen molar-refractivity contribution in [3.8, 4) is 0 Å². The molecule has 2 aromatic rings. The van der Waals surface area contributed by atoms with Gasteiger partial charge in [-0.15, -0.1) is 0 Å². The molecule has 0 unspecified atom stereocenters. The molecule has 3 rings (SSSR count). The third kappa shape index (κ3) is 3.61. The predicted molar refractivity (Wildman–Crippen MR) is 89.6 cm³/mol. The van der Waals surface area contributed by atoms with E-state index in [9.17, 15) is 9.90 Å². The Bertz CT molecular complexity index is 691. The quantitative estimate of drug-likeness (QED) is 0.763. The summed E-state index contributed by atoms with van der Waals surface area (Å²) in [7, 11) is 0. The highest BCUT2D eigenvalue weighted by molar-refractivity contribution is 6.29. The maximum absolute atomic E-state index is 12.5. The van der Waals surface area contributed by atoms with Crippen LogP contribution in [0.4, 0.5) is 0 Å². The van der Waals surface area contributed by atoms with Gasteiger partial charge in [0.25, 0.3) is 0 Å². The number of nitrogens with zero attached hydrogens (tertiary/aromatic N) is 1. The van der Waals surface area contributed by atoms with Crippen molar-refractivity contribution in [2.45, 2.75) is 30.9 Å². The van der Waals surface area contributed by atoms with Gasteiger partial charge in [-0.2, -0.15) is 0 Å². The second kappa shape index (κ2) is 7.34. The summed E-state index contributed by atoms with van der Waals surface area (Å²) in [4.78, 5) is 12.5. The van der Waals surface area contributed by atoms with Gasteiger partial charge in [0.1, 0.15) is 5.76 Å². The van der Waals surface area contributed by atoms with Crippen molar-refractivity contribution in [3.63, 3.8) is 0 Å². The third-order valence-corrected chi connectivity index (χ3v) is 4.56. The minimum atomic E-state index is -0.775. The third-order valence-electron chi connectivity index (χ3n) is 4.38. The fourth-order valence-electron chi connectivity index (χ4n) is 3.11. The number of carbonyl (C=O) groups excluding carboxylic acids is 1. The highest BCUT2D eigenvalue weighted by Gasteiger charge is 2.42. The number of carbonyl (C=O) groups is 1. The number of hydrogen-bond donors (Lipinski definition) is 3. The Hall–Kier alpha value is -1.89. The molecule has 0 saturated carbocycles. The molecule has 0 radical (unpaired) electrons. The van der Waals surface area contributed by atoms with E-state index in [2.05, 4.69) is 15.8 Å². The van der Waals surface area contributed by atoms with Crippen molar-refractivity contribution in [1.82, 2.24) is 15.8 Å². The summed E-state index contributed by atoms with van der Waals surface area (Å²) >= 11 is 5.71. The topological polar surface area (TPSA) is 87.4 Å². The SMILES string of the molecule is O=C(CCc1cc(Cl)no1)N[C@@]1(c2ccccc2)CCNC[C@H]1O. The first-order valence-corrected chi connectivity index (χ1v) is 8.34. The number of piperidine rings is 1.